The van der Waals surface area contributed by atoms with Gasteiger partial charge in [0.15, 0.2) is 18.2 Å². The van der Waals surface area contributed by atoms with Crippen molar-refractivity contribution in [2.24, 2.45) is 0 Å². The fourth-order valence-corrected chi connectivity index (χ4v) is 2.01. The molecule has 0 aliphatic carbocycles. The lowest BCUT2D eigenvalue weighted by molar-refractivity contribution is 0.0919. The molecule has 0 atom stereocenters. The minimum atomic E-state index is -0.709. The van der Waals surface area contributed by atoms with Gasteiger partial charge >= 0.3 is 0 Å². The molecule has 0 N–H and O–H groups in total. The molecule has 2 aromatic rings. The maximum Gasteiger partial charge on any atom is 0.201 e. The Bertz CT molecular complexity index is 741. The summed E-state index contributed by atoms with van der Waals surface area (Å²) in [7, 11) is 0. The van der Waals surface area contributed by atoms with E-state index in [1.54, 1.807) is 12.1 Å². The molecule has 0 saturated heterocycles. The second-order valence-electron chi connectivity index (χ2n) is 4.09. The molecule has 0 spiro atoms. The first-order valence-electron chi connectivity index (χ1n) is 5.82. The average molecular weight is 324 g/mol. The van der Waals surface area contributed by atoms with Crippen molar-refractivity contribution in [2.75, 3.05) is 6.61 Å². The number of nitriles is 1. The van der Waals surface area contributed by atoms with Crippen LogP contribution in [0.5, 0.6) is 5.75 Å². The largest absolute Gasteiger partial charge is 0.482 e. The van der Waals surface area contributed by atoms with E-state index >= 15 is 0 Å². The number of carbonyl (C=O) groups excluding carboxylic acids is 1. The van der Waals surface area contributed by atoms with Gasteiger partial charge in [-0.2, -0.15) is 5.26 Å². The van der Waals surface area contributed by atoms with Crippen LogP contribution in [-0.4, -0.2) is 12.4 Å². The van der Waals surface area contributed by atoms with Crippen molar-refractivity contribution in [3.63, 3.8) is 0 Å². The van der Waals surface area contributed by atoms with Gasteiger partial charge in [0.25, 0.3) is 0 Å². The van der Waals surface area contributed by atoms with Crippen molar-refractivity contribution >= 4 is 29.0 Å². The summed E-state index contributed by atoms with van der Waals surface area (Å²) in [4.78, 5) is 12.0. The maximum atomic E-state index is 13.6. The van der Waals surface area contributed by atoms with E-state index in [2.05, 4.69) is 0 Å². The van der Waals surface area contributed by atoms with E-state index in [4.69, 9.17) is 33.2 Å². The number of Topliss-reactive ketones (excluding diaryl/α,β-unsaturated/α-hetero) is 1. The predicted molar refractivity (Wildman–Crippen MR) is 77.4 cm³/mol. The summed E-state index contributed by atoms with van der Waals surface area (Å²) in [5.74, 6) is -1.24. The summed E-state index contributed by atoms with van der Waals surface area (Å²) in [5.41, 5.74) is 0.377. The second kappa shape index (κ2) is 6.57. The zero-order valence-corrected chi connectivity index (χ0v) is 12.1. The van der Waals surface area contributed by atoms with E-state index in [-0.39, 0.29) is 28.5 Å². The summed E-state index contributed by atoms with van der Waals surface area (Å²) in [5, 5.41) is 9.25. The van der Waals surface area contributed by atoms with Crippen LogP contribution in [0, 0.1) is 17.1 Å². The molecular weight excluding hydrogens is 316 g/mol. The third-order valence-electron chi connectivity index (χ3n) is 2.65. The quantitative estimate of drug-likeness (QED) is 0.789. The Morgan fingerprint density at radius 2 is 2.00 bits per heavy atom. The van der Waals surface area contributed by atoms with Gasteiger partial charge in [0.2, 0.25) is 5.78 Å². The first kappa shape index (κ1) is 15.3. The van der Waals surface area contributed by atoms with Crippen LogP contribution in [0.2, 0.25) is 10.0 Å². The molecule has 0 heterocycles. The Kier molecular flexibility index (Phi) is 4.79. The van der Waals surface area contributed by atoms with Gasteiger partial charge in [0, 0.05) is 10.6 Å². The number of ether oxygens (including phenoxy) is 1. The van der Waals surface area contributed by atoms with Crippen molar-refractivity contribution in [1.29, 1.82) is 5.26 Å². The molecule has 6 heteroatoms. The van der Waals surface area contributed by atoms with E-state index in [0.717, 1.165) is 6.07 Å². The lowest BCUT2D eigenvalue weighted by Gasteiger charge is -2.08. The highest BCUT2D eigenvalue weighted by Crippen LogP contribution is 2.22. The molecule has 3 nitrogen and oxygen atoms in total. The SMILES string of the molecule is N#Cc1ccc(OCC(=O)c2cc(Cl)ccc2Cl)c(F)c1. The number of benzene rings is 2. The van der Waals surface area contributed by atoms with Crippen molar-refractivity contribution in [3.8, 4) is 11.8 Å². The molecule has 2 rings (SSSR count). The number of halogens is 3. The van der Waals surface area contributed by atoms with E-state index in [1.165, 1.54) is 24.3 Å². The Labute approximate surface area is 130 Å². The Morgan fingerprint density at radius 1 is 1.24 bits per heavy atom. The molecule has 0 unspecified atom stereocenters. The Hall–Kier alpha value is -2.09. The number of hydrogen-bond donors (Lipinski definition) is 0. The minimum absolute atomic E-state index is 0.111. The molecule has 0 amide bonds. The van der Waals surface area contributed by atoms with Crippen LogP contribution in [0.25, 0.3) is 0 Å². The summed E-state index contributed by atoms with van der Waals surface area (Å²) < 4.78 is 18.7. The van der Waals surface area contributed by atoms with Crippen LogP contribution < -0.4 is 4.74 Å². The standard InChI is InChI=1S/C15H8Cl2FNO2/c16-10-2-3-12(17)11(6-10)14(20)8-21-15-4-1-9(7-19)5-13(15)18/h1-6H,8H2. The average Bonchev–Trinajstić information content (AvgIpc) is 2.48. The van der Waals surface area contributed by atoms with Crippen LogP contribution in [-0.2, 0) is 0 Å². The van der Waals surface area contributed by atoms with Gasteiger partial charge in [-0.1, -0.05) is 23.2 Å². The summed E-state index contributed by atoms with van der Waals surface area (Å²) in [6.07, 6.45) is 0. The number of ketones is 1. The normalized spacial score (nSPS) is 10.0. The van der Waals surface area contributed by atoms with E-state index < -0.39 is 11.6 Å². The Balaban J connectivity index is 2.11. The topological polar surface area (TPSA) is 50.1 Å². The highest BCUT2D eigenvalue weighted by atomic mass is 35.5. The molecule has 0 aliphatic rings. The van der Waals surface area contributed by atoms with Gasteiger partial charge < -0.3 is 4.74 Å². The van der Waals surface area contributed by atoms with Crippen LogP contribution >= 0.6 is 23.2 Å². The van der Waals surface area contributed by atoms with Crippen molar-refractivity contribution in [2.45, 2.75) is 0 Å². The van der Waals surface area contributed by atoms with Gasteiger partial charge in [0.1, 0.15) is 0 Å². The van der Waals surface area contributed by atoms with Crippen molar-refractivity contribution in [1.82, 2.24) is 0 Å². The molecule has 0 aromatic heterocycles. The number of hydrogen-bond acceptors (Lipinski definition) is 3. The van der Waals surface area contributed by atoms with Gasteiger partial charge in [-0.05, 0) is 36.4 Å². The molecule has 0 fully saturated rings. The van der Waals surface area contributed by atoms with E-state index in [9.17, 15) is 9.18 Å². The number of nitrogens with zero attached hydrogens (tertiary/aromatic N) is 1. The van der Waals surface area contributed by atoms with Crippen molar-refractivity contribution < 1.29 is 13.9 Å². The predicted octanol–water partition coefficient (Wildman–Crippen LogP) is 4.27. The minimum Gasteiger partial charge on any atom is -0.482 e. The van der Waals surface area contributed by atoms with Crippen molar-refractivity contribution in [3.05, 3.63) is 63.4 Å². The van der Waals surface area contributed by atoms with Crippen LogP contribution in [0.4, 0.5) is 4.39 Å². The summed E-state index contributed by atoms with van der Waals surface area (Å²) in [6, 6.07) is 10.0. The molecule has 0 bridgehead atoms. The van der Waals surface area contributed by atoms with Gasteiger partial charge in [-0.25, -0.2) is 4.39 Å². The third-order valence-corrected chi connectivity index (χ3v) is 3.21. The fourth-order valence-electron chi connectivity index (χ4n) is 1.62. The van der Waals surface area contributed by atoms with Crippen LogP contribution in [0.1, 0.15) is 15.9 Å². The number of rotatable bonds is 4. The first-order chi connectivity index (χ1) is 10.0. The summed E-state index contributed by atoms with van der Waals surface area (Å²) in [6.45, 7) is -0.386. The number of carbonyl (C=O) groups is 1. The second-order valence-corrected chi connectivity index (χ2v) is 4.94. The highest BCUT2D eigenvalue weighted by molar-refractivity contribution is 6.35. The smallest absolute Gasteiger partial charge is 0.201 e. The third kappa shape index (κ3) is 3.72. The monoisotopic (exact) mass is 323 g/mol. The molecule has 0 aliphatic heterocycles. The lowest BCUT2D eigenvalue weighted by Crippen LogP contribution is -2.12. The Morgan fingerprint density at radius 3 is 2.67 bits per heavy atom. The lowest BCUT2D eigenvalue weighted by atomic mass is 10.1. The molecule has 0 radical (unpaired) electrons. The molecule has 0 saturated carbocycles. The van der Waals surface area contributed by atoms with Gasteiger partial charge in [-0.3, -0.25) is 4.79 Å². The maximum absolute atomic E-state index is 13.6. The van der Waals surface area contributed by atoms with Crippen LogP contribution in [0.3, 0.4) is 0 Å². The molecule has 21 heavy (non-hydrogen) atoms. The van der Waals surface area contributed by atoms with E-state index in [0.29, 0.717) is 5.02 Å². The van der Waals surface area contributed by atoms with Gasteiger partial charge in [-0.15, -0.1) is 0 Å². The molecule has 2 aromatic carbocycles. The first-order valence-corrected chi connectivity index (χ1v) is 6.57. The fraction of sp³-hybridized carbons (Fsp3) is 0.0667. The zero-order valence-electron chi connectivity index (χ0n) is 10.6. The van der Waals surface area contributed by atoms with Gasteiger partial charge in [0.05, 0.1) is 16.7 Å². The zero-order chi connectivity index (χ0) is 15.4. The molecular formula is C15H8Cl2FNO2. The highest BCUT2D eigenvalue weighted by Gasteiger charge is 2.13. The molecule has 106 valence electrons. The van der Waals surface area contributed by atoms with E-state index in [1.807, 2.05) is 0 Å². The summed E-state index contributed by atoms with van der Waals surface area (Å²) >= 11 is 11.7. The van der Waals surface area contributed by atoms with Crippen LogP contribution in [0.15, 0.2) is 36.4 Å².